The molecule has 1 atom stereocenters. The van der Waals surface area contributed by atoms with Crippen molar-refractivity contribution in [2.75, 3.05) is 23.8 Å². The first-order chi connectivity index (χ1) is 15.0. The van der Waals surface area contributed by atoms with Gasteiger partial charge in [0.1, 0.15) is 12.3 Å². The molecule has 2 aliphatic rings. The van der Waals surface area contributed by atoms with E-state index in [4.69, 9.17) is 4.74 Å². The largest absolute Gasteiger partial charge is 0.479 e. The van der Waals surface area contributed by atoms with Crippen molar-refractivity contribution in [3.8, 4) is 5.75 Å². The second kappa shape index (κ2) is 9.52. The summed E-state index contributed by atoms with van der Waals surface area (Å²) in [5.74, 6) is 0.195. The molecule has 6 heteroatoms. The molecule has 2 amide bonds. The van der Waals surface area contributed by atoms with Gasteiger partial charge in [0.25, 0.3) is 5.91 Å². The summed E-state index contributed by atoms with van der Waals surface area (Å²) in [6.07, 6.45) is 5.78. The predicted molar refractivity (Wildman–Crippen MR) is 122 cm³/mol. The summed E-state index contributed by atoms with van der Waals surface area (Å²) in [6.45, 7) is 2.45. The third-order valence-electron chi connectivity index (χ3n) is 6.28. The van der Waals surface area contributed by atoms with Crippen LogP contribution in [0.3, 0.4) is 0 Å². The fourth-order valence-electron chi connectivity index (χ4n) is 4.56. The number of amides is 2. The van der Waals surface area contributed by atoms with Crippen molar-refractivity contribution in [2.24, 2.45) is 0 Å². The van der Waals surface area contributed by atoms with Gasteiger partial charge in [0.15, 0.2) is 6.10 Å². The minimum atomic E-state index is -0.612. The molecule has 2 aromatic rings. The highest BCUT2D eigenvalue weighted by molar-refractivity contribution is 6.06. The molecular formula is C25H31N3O3. The number of para-hydroxylation sites is 3. The van der Waals surface area contributed by atoms with Gasteiger partial charge in [-0.3, -0.25) is 19.4 Å². The Morgan fingerprint density at radius 3 is 2.61 bits per heavy atom. The molecule has 1 saturated carbocycles. The van der Waals surface area contributed by atoms with E-state index in [9.17, 15) is 9.59 Å². The highest BCUT2D eigenvalue weighted by Gasteiger charge is 2.32. The van der Waals surface area contributed by atoms with Gasteiger partial charge in [-0.25, -0.2) is 0 Å². The zero-order valence-electron chi connectivity index (χ0n) is 18.3. The van der Waals surface area contributed by atoms with Gasteiger partial charge in [-0.05, 0) is 50.6 Å². The molecule has 0 radical (unpaired) electrons. The summed E-state index contributed by atoms with van der Waals surface area (Å²) in [5, 5.41) is 3.03. The molecule has 0 saturated heterocycles. The van der Waals surface area contributed by atoms with Gasteiger partial charge in [0, 0.05) is 18.3 Å². The van der Waals surface area contributed by atoms with Crippen LogP contribution in [0.4, 0.5) is 11.4 Å². The Balaban J connectivity index is 1.45. The Hall–Kier alpha value is -2.86. The van der Waals surface area contributed by atoms with Crippen LogP contribution in [0.1, 0.15) is 44.6 Å². The predicted octanol–water partition coefficient (Wildman–Crippen LogP) is 4.20. The molecule has 0 aromatic heterocycles. The number of nitrogens with zero attached hydrogens (tertiary/aromatic N) is 2. The van der Waals surface area contributed by atoms with Crippen molar-refractivity contribution in [1.29, 1.82) is 0 Å². The fourth-order valence-corrected chi connectivity index (χ4v) is 4.56. The van der Waals surface area contributed by atoms with Crippen LogP contribution in [-0.4, -0.2) is 42.5 Å². The first-order valence-electron chi connectivity index (χ1n) is 11.2. The SMILES string of the molecule is C[C@H]1Oc2ccccc2N(CC(=O)Nc2ccccc2CN(C)C2CCCCC2)C1=O. The molecule has 6 nitrogen and oxygen atoms in total. The Bertz CT molecular complexity index is 939. The molecule has 1 aliphatic carbocycles. The lowest BCUT2D eigenvalue weighted by Crippen LogP contribution is -2.47. The summed E-state index contributed by atoms with van der Waals surface area (Å²) in [7, 11) is 2.17. The van der Waals surface area contributed by atoms with Crippen molar-refractivity contribution < 1.29 is 14.3 Å². The van der Waals surface area contributed by atoms with Gasteiger partial charge in [0.05, 0.1) is 5.69 Å². The Morgan fingerprint density at radius 2 is 1.81 bits per heavy atom. The fraction of sp³-hybridized carbons (Fsp3) is 0.440. The maximum absolute atomic E-state index is 12.9. The molecule has 0 bridgehead atoms. The number of fused-ring (bicyclic) bond motifs is 1. The Morgan fingerprint density at radius 1 is 1.10 bits per heavy atom. The number of nitrogens with one attached hydrogen (secondary N) is 1. The summed E-state index contributed by atoms with van der Waals surface area (Å²) in [5.41, 5.74) is 2.52. The van der Waals surface area contributed by atoms with Gasteiger partial charge >= 0.3 is 0 Å². The second-order valence-electron chi connectivity index (χ2n) is 8.56. The maximum atomic E-state index is 12.9. The summed E-state index contributed by atoms with van der Waals surface area (Å²) in [4.78, 5) is 29.5. The van der Waals surface area contributed by atoms with Gasteiger partial charge < -0.3 is 10.1 Å². The maximum Gasteiger partial charge on any atom is 0.268 e. The normalized spacial score (nSPS) is 19.1. The third kappa shape index (κ3) is 4.90. The standard InChI is InChI=1S/C25H31N3O3/c1-18-25(30)28(22-14-8-9-15-23(22)31-18)17-24(29)26-21-13-7-6-10-19(21)16-27(2)20-11-4-3-5-12-20/h6-10,13-15,18,20H,3-5,11-12,16-17H2,1-2H3,(H,26,29)/t18-/m1/s1. The van der Waals surface area contributed by atoms with Crippen LogP contribution >= 0.6 is 0 Å². The zero-order valence-corrected chi connectivity index (χ0v) is 18.3. The van der Waals surface area contributed by atoms with E-state index >= 15 is 0 Å². The van der Waals surface area contributed by atoms with Crippen molar-refractivity contribution in [3.05, 3.63) is 54.1 Å². The van der Waals surface area contributed by atoms with E-state index in [0.29, 0.717) is 17.5 Å². The van der Waals surface area contributed by atoms with E-state index in [1.165, 1.54) is 37.0 Å². The molecule has 164 valence electrons. The molecule has 1 N–H and O–H groups in total. The van der Waals surface area contributed by atoms with Crippen molar-refractivity contribution in [3.63, 3.8) is 0 Å². The van der Waals surface area contributed by atoms with Crippen molar-refractivity contribution in [1.82, 2.24) is 4.90 Å². The minimum Gasteiger partial charge on any atom is -0.479 e. The van der Waals surface area contributed by atoms with E-state index in [-0.39, 0.29) is 18.4 Å². The molecular weight excluding hydrogens is 390 g/mol. The molecule has 1 fully saturated rings. The number of hydrogen-bond acceptors (Lipinski definition) is 4. The van der Waals surface area contributed by atoms with Crippen LogP contribution in [0.15, 0.2) is 48.5 Å². The van der Waals surface area contributed by atoms with Crippen LogP contribution in [0.2, 0.25) is 0 Å². The number of anilines is 2. The van der Waals surface area contributed by atoms with E-state index < -0.39 is 6.10 Å². The average molecular weight is 422 g/mol. The number of carbonyl (C=O) groups is 2. The quantitative estimate of drug-likeness (QED) is 0.759. The lowest BCUT2D eigenvalue weighted by atomic mass is 9.94. The molecule has 1 aliphatic heterocycles. The number of benzene rings is 2. The summed E-state index contributed by atoms with van der Waals surface area (Å²) in [6, 6.07) is 15.8. The smallest absolute Gasteiger partial charge is 0.268 e. The molecule has 4 rings (SSSR count). The van der Waals surface area contributed by atoms with Crippen LogP contribution in [0, 0.1) is 0 Å². The summed E-state index contributed by atoms with van der Waals surface area (Å²) >= 11 is 0. The third-order valence-corrected chi connectivity index (χ3v) is 6.28. The Kier molecular flexibility index (Phi) is 6.56. The van der Waals surface area contributed by atoms with E-state index in [1.54, 1.807) is 13.0 Å². The van der Waals surface area contributed by atoms with E-state index in [1.807, 2.05) is 36.4 Å². The topological polar surface area (TPSA) is 61.9 Å². The Labute approximate surface area is 184 Å². The number of ether oxygens (including phenoxy) is 1. The monoisotopic (exact) mass is 421 g/mol. The molecule has 0 spiro atoms. The van der Waals surface area contributed by atoms with Crippen LogP contribution < -0.4 is 15.0 Å². The summed E-state index contributed by atoms with van der Waals surface area (Å²) < 4.78 is 5.67. The van der Waals surface area contributed by atoms with Crippen LogP contribution in [0.5, 0.6) is 5.75 Å². The first kappa shape index (κ1) is 21.4. The molecule has 31 heavy (non-hydrogen) atoms. The first-order valence-corrected chi connectivity index (χ1v) is 11.2. The molecule has 2 aromatic carbocycles. The van der Waals surface area contributed by atoms with E-state index in [0.717, 1.165) is 17.8 Å². The zero-order chi connectivity index (χ0) is 21.8. The lowest BCUT2D eigenvalue weighted by molar-refractivity contribution is -0.127. The van der Waals surface area contributed by atoms with Crippen molar-refractivity contribution >= 4 is 23.2 Å². The molecule has 0 unspecified atom stereocenters. The van der Waals surface area contributed by atoms with Crippen molar-refractivity contribution in [2.45, 2.75) is 57.7 Å². The number of carbonyl (C=O) groups excluding carboxylic acids is 2. The highest BCUT2D eigenvalue weighted by atomic mass is 16.5. The number of hydrogen-bond donors (Lipinski definition) is 1. The minimum absolute atomic E-state index is 0.0453. The number of rotatable bonds is 6. The molecule has 1 heterocycles. The van der Waals surface area contributed by atoms with Crippen LogP contribution in [-0.2, 0) is 16.1 Å². The highest BCUT2D eigenvalue weighted by Crippen LogP contribution is 2.33. The van der Waals surface area contributed by atoms with Gasteiger partial charge in [-0.2, -0.15) is 0 Å². The second-order valence-corrected chi connectivity index (χ2v) is 8.56. The average Bonchev–Trinajstić information content (AvgIpc) is 2.78. The van der Waals surface area contributed by atoms with Crippen LogP contribution in [0.25, 0.3) is 0 Å². The van der Waals surface area contributed by atoms with Gasteiger partial charge in [-0.1, -0.05) is 49.6 Å². The van der Waals surface area contributed by atoms with Gasteiger partial charge in [-0.15, -0.1) is 0 Å². The lowest BCUT2D eigenvalue weighted by Gasteiger charge is -2.33. The van der Waals surface area contributed by atoms with Gasteiger partial charge in [0.2, 0.25) is 5.91 Å². The van der Waals surface area contributed by atoms with E-state index in [2.05, 4.69) is 23.3 Å².